The number of rotatable bonds is 31. The average Bonchev–Trinajstić information content (AvgIpc) is 4.53. The van der Waals surface area contributed by atoms with Crippen LogP contribution < -0.4 is 65.9 Å². The van der Waals surface area contributed by atoms with E-state index in [1.807, 2.05) is 84.9 Å². The summed E-state index contributed by atoms with van der Waals surface area (Å²) in [6, 6.07) is 21.6. The van der Waals surface area contributed by atoms with Crippen molar-refractivity contribution in [2.24, 2.45) is 38.7 Å². The molecular formula is C60H72N18O9. The van der Waals surface area contributed by atoms with Gasteiger partial charge in [0.15, 0.2) is 11.9 Å². The zero-order valence-corrected chi connectivity index (χ0v) is 47.5. The van der Waals surface area contributed by atoms with E-state index in [9.17, 15) is 43.5 Å². The molecule has 4 aromatic carbocycles. The number of H-pyrrole nitrogens is 4. The molecule has 27 nitrogen and oxygen atoms in total. The van der Waals surface area contributed by atoms with E-state index in [2.05, 4.69) is 67.1 Å². The zero-order chi connectivity index (χ0) is 62.0. The molecule has 27 heteroatoms. The van der Waals surface area contributed by atoms with Gasteiger partial charge in [0.05, 0.1) is 12.6 Å². The van der Waals surface area contributed by atoms with Gasteiger partial charge in [0.1, 0.15) is 36.8 Å². The lowest BCUT2D eigenvalue weighted by Crippen LogP contribution is -2.58. The zero-order valence-electron chi connectivity index (χ0n) is 47.5. The maximum atomic E-state index is 14.8. The normalized spacial score (nSPS) is 13.3. The third kappa shape index (κ3) is 17.2. The molecule has 7 amide bonds. The number of carboxylic acids is 1. The van der Waals surface area contributed by atoms with Crippen molar-refractivity contribution in [1.29, 1.82) is 0 Å². The molecule has 0 aliphatic heterocycles. The van der Waals surface area contributed by atoms with Crippen LogP contribution in [0.2, 0.25) is 0 Å². The number of amides is 7. The molecule has 4 aromatic heterocycles. The number of aromatic nitrogens is 4. The monoisotopic (exact) mass is 1190 g/mol. The first-order chi connectivity index (χ1) is 41.9. The lowest BCUT2D eigenvalue weighted by molar-refractivity contribution is -0.138. The van der Waals surface area contributed by atoms with Crippen molar-refractivity contribution < 1.29 is 43.5 Å². The Kier molecular flexibility index (Phi) is 21.3. The van der Waals surface area contributed by atoms with Gasteiger partial charge >= 0.3 is 5.97 Å². The lowest BCUT2D eigenvalue weighted by atomic mass is 10.0. The molecule has 0 saturated carbocycles. The highest BCUT2D eigenvalue weighted by Gasteiger charge is 2.33. The van der Waals surface area contributed by atoms with E-state index in [-0.39, 0.29) is 76.4 Å². The topological polar surface area (TPSA) is 459 Å². The van der Waals surface area contributed by atoms with Crippen molar-refractivity contribution in [2.45, 2.75) is 87.6 Å². The van der Waals surface area contributed by atoms with E-state index in [0.717, 1.165) is 49.2 Å². The first-order valence-electron chi connectivity index (χ1n) is 28.2. The summed E-state index contributed by atoms with van der Waals surface area (Å²) in [4.78, 5) is 132. The molecule has 0 aliphatic carbocycles. The van der Waals surface area contributed by atoms with Gasteiger partial charge < -0.3 is 90.9 Å². The van der Waals surface area contributed by atoms with Gasteiger partial charge in [0.25, 0.3) is 0 Å². The minimum absolute atomic E-state index is 0.0321. The summed E-state index contributed by atoms with van der Waals surface area (Å²) in [5, 5.41) is 31.2. The quantitative estimate of drug-likeness (QED) is 0.0155. The Bertz CT molecular complexity index is 3820. The maximum Gasteiger partial charge on any atom is 0.322 e. The summed E-state index contributed by atoms with van der Waals surface area (Å²) < 4.78 is 0. The number of hydrogen-bond acceptors (Lipinski definition) is 11. The lowest BCUT2D eigenvalue weighted by Gasteiger charge is -2.26. The van der Waals surface area contributed by atoms with E-state index in [1.165, 1.54) is 0 Å². The highest BCUT2D eigenvalue weighted by Crippen LogP contribution is 2.23. The molecule has 0 fully saturated rings. The van der Waals surface area contributed by atoms with Crippen LogP contribution in [0, 0.1) is 0 Å². The second-order valence-corrected chi connectivity index (χ2v) is 21.0. The van der Waals surface area contributed by atoms with Crippen LogP contribution in [0.5, 0.6) is 0 Å². The molecule has 0 radical (unpaired) electrons. The van der Waals surface area contributed by atoms with Gasteiger partial charge in [-0.1, -0.05) is 72.8 Å². The first kappa shape index (κ1) is 62.3. The van der Waals surface area contributed by atoms with Gasteiger partial charge in [-0.15, -0.1) is 0 Å². The Labute approximate surface area is 498 Å². The Balaban J connectivity index is 1.01. The number of para-hydroxylation sites is 4. The number of nitrogens with one attached hydrogen (secondary N) is 11. The molecule has 456 valence electrons. The Hall–Kier alpha value is -10.7. The smallest absolute Gasteiger partial charge is 0.322 e. The van der Waals surface area contributed by atoms with Gasteiger partial charge in [-0.05, 0) is 78.6 Å². The maximum absolute atomic E-state index is 14.8. The number of guanidine groups is 2. The average molecular weight is 1190 g/mol. The predicted molar refractivity (Wildman–Crippen MR) is 329 cm³/mol. The van der Waals surface area contributed by atoms with E-state index in [4.69, 9.17) is 28.7 Å². The fourth-order valence-electron chi connectivity index (χ4n) is 10.3. The number of aromatic amines is 4. The van der Waals surface area contributed by atoms with Crippen molar-refractivity contribution >= 4 is 103 Å². The third-order valence-electron chi connectivity index (χ3n) is 14.7. The summed E-state index contributed by atoms with van der Waals surface area (Å²) in [6.07, 6.45) is 7.02. The van der Waals surface area contributed by atoms with Crippen LogP contribution in [-0.2, 0) is 64.0 Å². The largest absolute Gasteiger partial charge is 0.480 e. The number of benzene rings is 4. The second-order valence-electron chi connectivity index (χ2n) is 21.0. The highest BCUT2D eigenvalue weighted by molar-refractivity contribution is 5.98. The molecule has 8 rings (SSSR count). The molecule has 4 heterocycles. The summed E-state index contributed by atoms with van der Waals surface area (Å²) >= 11 is 0. The van der Waals surface area contributed by atoms with Crippen LogP contribution in [0.4, 0.5) is 0 Å². The Morgan fingerprint density at radius 2 is 0.736 bits per heavy atom. The summed E-state index contributed by atoms with van der Waals surface area (Å²) in [7, 11) is 0. The number of carboxylic acid groups (broad SMARTS) is 1. The number of carbonyl (C=O) groups excluding carboxylic acids is 7. The number of nitrogens with zero attached hydrogens (tertiary/aromatic N) is 2. The van der Waals surface area contributed by atoms with Crippen molar-refractivity contribution in [3.63, 3.8) is 0 Å². The molecule has 22 N–H and O–H groups in total. The predicted octanol–water partition coefficient (Wildman–Crippen LogP) is 0.0579. The van der Waals surface area contributed by atoms with Crippen molar-refractivity contribution in [2.75, 3.05) is 26.2 Å². The van der Waals surface area contributed by atoms with Gasteiger partial charge in [0, 0.05) is 101 Å². The van der Waals surface area contributed by atoms with Gasteiger partial charge in [-0.3, -0.25) is 48.3 Å². The molecule has 0 bridgehead atoms. The standard InChI is InChI=1S/C60H72N18O9/c61-41(23-33-27-68-42-15-5-1-11-37(33)42)53(82)75-46(19-9-21-66-59(62)63)56(85)77-48(24-34-28-69-43-16-6-2-12-38(34)43)54(83)72-31-51(79)74-50(26-36-30-71-45-18-8-4-14-40(36)45)58(87)76-47(20-10-22-67-60(64)65)57(86)78-49(55(84)73-32-52(80)81)25-35-29-70-44-17-7-3-13-39(35)44/h1-8,11-18,27-30,41,46-50,68-71H,9-10,19-26,31-32,61H2,(H,72,83)(H,73,84)(H,74,79)(H,75,82)(H,76,87)(H,77,85)(H,78,86)(H,80,81)(H4,62,63,66)(H4,64,65,67). The van der Waals surface area contributed by atoms with E-state index < -0.39 is 96.7 Å². The molecule has 0 spiro atoms. The Morgan fingerprint density at radius 1 is 0.414 bits per heavy atom. The van der Waals surface area contributed by atoms with Gasteiger partial charge in [0.2, 0.25) is 41.4 Å². The van der Waals surface area contributed by atoms with Crippen LogP contribution in [0.15, 0.2) is 132 Å². The molecular weight excluding hydrogens is 1120 g/mol. The fraction of sp³-hybridized carbons (Fsp3) is 0.300. The summed E-state index contributed by atoms with van der Waals surface area (Å²) in [6.45, 7) is -1.28. The number of fused-ring (bicyclic) bond motifs is 4. The number of carbonyl (C=O) groups is 8. The van der Waals surface area contributed by atoms with Gasteiger partial charge in [-0.2, -0.15) is 0 Å². The van der Waals surface area contributed by atoms with E-state index >= 15 is 0 Å². The Morgan fingerprint density at radius 3 is 1.11 bits per heavy atom. The molecule has 87 heavy (non-hydrogen) atoms. The number of aliphatic imine (C=N–C) groups is 2. The first-order valence-corrected chi connectivity index (χ1v) is 28.2. The van der Waals surface area contributed by atoms with Crippen molar-refractivity contribution in [3.05, 3.63) is 144 Å². The minimum atomic E-state index is -1.41. The van der Waals surface area contributed by atoms with Crippen molar-refractivity contribution in [1.82, 2.24) is 57.2 Å². The van der Waals surface area contributed by atoms with Crippen LogP contribution in [-0.4, -0.2) is 147 Å². The van der Waals surface area contributed by atoms with Crippen molar-refractivity contribution in [3.8, 4) is 0 Å². The third-order valence-corrected chi connectivity index (χ3v) is 14.7. The summed E-state index contributed by atoms with van der Waals surface area (Å²) in [5.74, 6) is -7.15. The molecule has 6 atom stereocenters. The van der Waals surface area contributed by atoms with E-state index in [1.54, 1.807) is 36.9 Å². The van der Waals surface area contributed by atoms with Crippen LogP contribution in [0.1, 0.15) is 47.9 Å². The second kappa shape index (κ2) is 29.7. The highest BCUT2D eigenvalue weighted by atomic mass is 16.4. The van der Waals surface area contributed by atoms with Crippen LogP contribution >= 0.6 is 0 Å². The summed E-state index contributed by atoms with van der Waals surface area (Å²) in [5.41, 5.74) is 34.6. The minimum Gasteiger partial charge on any atom is -0.480 e. The molecule has 0 aliphatic rings. The molecule has 8 aromatic rings. The molecule has 6 unspecified atom stereocenters. The van der Waals surface area contributed by atoms with Gasteiger partial charge in [-0.25, -0.2) is 0 Å². The number of aliphatic carboxylic acids is 1. The van der Waals surface area contributed by atoms with E-state index in [0.29, 0.717) is 16.7 Å². The van der Waals surface area contributed by atoms with Crippen LogP contribution in [0.3, 0.4) is 0 Å². The fourth-order valence-corrected chi connectivity index (χ4v) is 10.3. The number of hydrogen-bond donors (Lipinski definition) is 17. The van der Waals surface area contributed by atoms with Crippen LogP contribution in [0.25, 0.3) is 43.6 Å². The SMILES string of the molecule is NC(N)=NCCCC(NC(=O)C(N)Cc1c[nH]c2ccccc12)C(=O)NC(Cc1c[nH]c2ccccc12)C(=O)NCC(=O)NC(Cc1c[nH]c2ccccc12)C(=O)NC(CCCN=C(N)N)C(=O)NC(Cc1c[nH]c2ccccc12)C(=O)NCC(=O)O. The number of nitrogens with two attached hydrogens (primary N) is 5. The molecule has 0 saturated heterocycles.